The van der Waals surface area contributed by atoms with Gasteiger partial charge < -0.3 is 10.6 Å². The average molecular weight is 262 g/mol. The Morgan fingerprint density at radius 2 is 1.79 bits per heavy atom. The van der Waals surface area contributed by atoms with Crippen LogP contribution in [0, 0.1) is 5.92 Å². The van der Waals surface area contributed by atoms with Crippen LogP contribution in [0.2, 0.25) is 0 Å². The van der Waals surface area contributed by atoms with Crippen LogP contribution >= 0.6 is 0 Å². The quantitative estimate of drug-likeness (QED) is 0.827. The van der Waals surface area contributed by atoms with E-state index < -0.39 is 5.54 Å². The van der Waals surface area contributed by atoms with E-state index in [1.54, 1.807) is 0 Å². The smallest absolute Gasteiger partial charge is 0.240 e. The second kappa shape index (κ2) is 6.71. The van der Waals surface area contributed by atoms with Crippen LogP contribution in [0.15, 0.2) is 30.3 Å². The number of nitrogens with one attached hydrogen (secondary N) is 2. The van der Waals surface area contributed by atoms with Gasteiger partial charge in [-0.2, -0.15) is 0 Å². The summed E-state index contributed by atoms with van der Waals surface area (Å²) in [4.78, 5) is 12.4. The van der Waals surface area contributed by atoms with Crippen molar-refractivity contribution in [3.63, 3.8) is 0 Å². The summed E-state index contributed by atoms with van der Waals surface area (Å²) in [6.07, 6.45) is 0. The lowest BCUT2D eigenvalue weighted by molar-refractivity contribution is -0.127. The predicted molar refractivity (Wildman–Crippen MR) is 79.9 cm³/mol. The predicted octanol–water partition coefficient (Wildman–Crippen LogP) is 2.89. The maximum Gasteiger partial charge on any atom is 0.240 e. The van der Waals surface area contributed by atoms with E-state index in [-0.39, 0.29) is 11.9 Å². The number of likely N-dealkylation sites (N-methyl/N-ethyl adjacent to an activating group) is 1. The summed E-state index contributed by atoms with van der Waals surface area (Å²) in [6, 6.07) is 10.2. The molecule has 0 radical (unpaired) electrons. The normalized spacial score (nSPS) is 13.4. The van der Waals surface area contributed by atoms with Crippen LogP contribution in [0.25, 0.3) is 0 Å². The molecule has 2 N–H and O–H groups in total. The van der Waals surface area contributed by atoms with Crippen molar-refractivity contribution < 1.29 is 4.79 Å². The van der Waals surface area contributed by atoms with E-state index in [1.807, 2.05) is 39.0 Å². The van der Waals surface area contributed by atoms with Crippen LogP contribution in [0.3, 0.4) is 0 Å². The van der Waals surface area contributed by atoms with Gasteiger partial charge in [0.2, 0.25) is 5.91 Å². The zero-order valence-electron chi connectivity index (χ0n) is 12.7. The van der Waals surface area contributed by atoms with Crippen LogP contribution < -0.4 is 10.6 Å². The van der Waals surface area contributed by atoms with E-state index in [0.29, 0.717) is 5.92 Å². The first-order valence-corrected chi connectivity index (χ1v) is 6.99. The van der Waals surface area contributed by atoms with Gasteiger partial charge in [0, 0.05) is 0 Å². The Hall–Kier alpha value is -1.35. The molecular weight excluding hydrogens is 236 g/mol. The molecule has 1 rings (SSSR count). The summed E-state index contributed by atoms with van der Waals surface area (Å²) < 4.78 is 0. The summed E-state index contributed by atoms with van der Waals surface area (Å²) in [5.41, 5.74) is 0.606. The summed E-state index contributed by atoms with van der Waals surface area (Å²) in [7, 11) is 0. The number of rotatable bonds is 6. The second-order valence-electron chi connectivity index (χ2n) is 5.76. The number of hydrogen-bond acceptors (Lipinski definition) is 2. The van der Waals surface area contributed by atoms with Gasteiger partial charge in [0.25, 0.3) is 0 Å². The minimum Gasteiger partial charge on any atom is -0.347 e. The zero-order valence-corrected chi connectivity index (χ0v) is 12.7. The number of benzene rings is 1. The molecule has 1 unspecified atom stereocenters. The van der Waals surface area contributed by atoms with Gasteiger partial charge in [-0.25, -0.2) is 0 Å². The number of hydrogen-bond donors (Lipinski definition) is 2. The van der Waals surface area contributed by atoms with Gasteiger partial charge in [-0.3, -0.25) is 4.79 Å². The molecule has 1 aromatic carbocycles. The molecule has 0 heterocycles. The minimum atomic E-state index is -0.545. The molecule has 0 bridgehead atoms. The number of carbonyl (C=O) groups is 1. The molecule has 1 atom stereocenters. The second-order valence-corrected chi connectivity index (χ2v) is 5.76. The van der Waals surface area contributed by atoms with Gasteiger partial charge >= 0.3 is 0 Å². The molecule has 0 aliphatic heterocycles. The number of carbonyl (C=O) groups excluding carboxylic acids is 1. The van der Waals surface area contributed by atoms with E-state index >= 15 is 0 Å². The maximum absolute atomic E-state index is 12.4. The van der Waals surface area contributed by atoms with E-state index in [0.717, 1.165) is 12.1 Å². The Labute approximate surface area is 116 Å². The van der Waals surface area contributed by atoms with E-state index in [4.69, 9.17) is 0 Å². The third-order valence-corrected chi connectivity index (χ3v) is 3.30. The van der Waals surface area contributed by atoms with Crippen LogP contribution in [0.1, 0.15) is 46.2 Å². The highest BCUT2D eigenvalue weighted by Crippen LogP contribution is 2.22. The highest BCUT2D eigenvalue weighted by Gasteiger charge is 2.29. The van der Waals surface area contributed by atoms with Crippen LogP contribution in [0.5, 0.6) is 0 Å². The zero-order chi connectivity index (χ0) is 14.5. The van der Waals surface area contributed by atoms with Crippen LogP contribution in [-0.4, -0.2) is 18.0 Å². The Morgan fingerprint density at radius 1 is 1.21 bits per heavy atom. The summed E-state index contributed by atoms with van der Waals surface area (Å²) in [5.74, 6) is 0.390. The molecule has 0 aliphatic carbocycles. The first-order chi connectivity index (χ1) is 8.88. The Balaban J connectivity index is 2.84. The monoisotopic (exact) mass is 262 g/mol. The Bertz CT molecular complexity index is 398. The molecule has 1 amide bonds. The molecular formula is C16H26N2O. The van der Waals surface area contributed by atoms with Crippen LogP contribution in [-0.2, 0) is 4.79 Å². The highest BCUT2D eigenvalue weighted by molar-refractivity contribution is 5.85. The molecule has 3 heteroatoms. The van der Waals surface area contributed by atoms with Crippen molar-refractivity contribution in [1.29, 1.82) is 0 Å². The third kappa shape index (κ3) is 4.35. The Morgan fingerprint density at radius 3 is 2.26 bits per heavy atom. The lowest BCUT2D eigenvalue weighted by atomic mass is 9.94. The summed E-state index contributed by atoms with van der Waals surface area (Å²) in [6.45, 7) is 10.9. The fraction of sp³-hybridized carbons (Fsp3) is 0.562. The van der Waals surface area contributed by atoms with E-state index in [2.05, 4.69) is 36.6 Å². The van der Waals surface area contributed by atoms with Crippen molar-refractivity contribution in [2.45, 2.75) is 46.2 Å². The van der Waals surface area contributed by atoms with E-state index in [1.165, 1.54) is 0 Å². The van der Waals surface area contributed by atoms with Gasteiger partial charge in [-0.05, 0) is 31.9 Å². The van der Waals surface area contributed by atoms with Crippen molar-refractivity contribution in [2.24, 2.45) is 5.92 Å². The number of amides is 1. The fourth-order valence-electron chi connectivity index (χ4n) is 2.14. The molecule has 0 aromatic heterocycles. The van der Waals surface area contributed by atoms with Crippen molar-refractivity contribution >= 4 is 5.91 Å². The minimum absolute atomic E-state index is 0.0388. The fourth-order valence-corrected chi connectivity index (χ4v) is 2.14. The first-order valence-electron chi connectivity index (χ1n) is 6.99. The molecule has 0 saturated heterocycles. The van der Waals surface area contributed by atoms with Gasteiger partial charge in [-0.1, -0.05) is 51.1 Å². The molecule has 0 fully saturated rings. The molecule has 3 nitrogen and oxygen atoms in total. The highest BCUT2D eigenvalue weighted by atomic mass is 16.2. The molecule has 106 valence electrons. The van der Waals surface area contributed by atoms with Gasteiger partial charge in [-0.15, -0.1) is 0 Å². The van der Waals surface area contributed by atoms with Gasteiger partial charge in [0.05, 0.1) is 11.6 Å². The molecule has 0 spiro atoms. The van der Waals surface area contributed by atoms with E-state index in [9.17, 15) is 4.79 Å². The lowest BCUT2D eigenvalue weighted by Gasteiger charge is -2.30. The molecule has 0 saturated carbocycles. The van der Waals surface area contributed by atoms with Gasteiger partial charge in [0.15, 0.2) is 0 Å². The third-order valence-electron chi connectivity index (χ3n) is 3.30. The summed E-state index contributed by atoms with van der Waals surface area (Å²) >= 11 is 0. The standard InChI is InChI=1S/C16H26N2O/c1-6-17-16(4,5)15(19)18-14(12(2)3)13-10-8-7-9-11-13/h7-12,14,17H,6H2,1-5H3,(H,18,19). The summed E-state index contributed by atoms with van der Waals surface area (Å²) in [5, 5.41) is 6.36. The van der Waals surface area contributed by atoms with Crippen molar-refractivity contribution in [3.05, 3.63) is 35.9 Å². The van der Waals surface area contributed by atoms with Crippen molar-refractivity contribution in [3.8, 4) is 0 Å². The van der Waals surface area contributed by atoms with Crippen molar-refractivity contribution in [1.82, 2.24) is 10.6 Å². The van der Waals surface area contributed by atoms with Crippen molar-refractivity contribution in [2.75, 3.05) is 6.54 Å². The SMILES string of the molecule is CCNC(C)(C)C(=O)NC(c1ccccc1)C(C)C. The first kappa shape index (κ1) is 15.7. The van der Waals surface area contributed by atoms with Crippen LogP contribution in [0.4, 0.5) is 0 Å². The Kier molecular flexibility index (Phi) is 5.55. The maximum atomic E-state index is 12.4. The molecule has 19 heavy (non-hydrogen) atoms. The van der Waals surface area contributed by atoms with Gasteiger partial charge in [0.1, 0.15) is 0 Å². The average Bonchev–Trinajstić information content (AvgIpc) is 2.36. The lowest BCUT2D eigenvalue weighted by Crippen LogP contribution is -2.53. The molecule has 0 aliphatic rings. The molecule has 1 aromatic rings. The topological polar surface area (TPSA) is 41.1 Å². The largest absolute Gasteiger partial charge is 0.347 e.